The first-order valence-corrected chi connectivity index (χ1v) is 11.1. The van der Waals surface area contributed by atoms with Crippen molar-refractivity contribution in [2.24, 2.45) is 0 Å². The largest absolute Gasteiger partial charge is 0.493 e. The lowest BCUT2D eigenvalue weighted by atomic mass is 10.1. The molecular formula is C26H28N2O6. The number of carbonyl (C=O) groups is 2. The number of amides is 1. The number of benzene rings is 2. The molecule has 1 amide bonds. The van der Waals surface area contributed by atoms with Gasteiger partial charge in [-0.2, -0.15) is 5.26 Å². The van der Waals surface area contributed by atoms with E-state index < -0.39 is 5.97 Å². The van der Waals surface area contributed by atoms with E-state index >= 15 is 0 Å². The summed E-state index contributed by atoms with van der Waals surface area (Å²) in [6.07, 6.45) is 2.18. The first-order valence-electron chi connectivity index (χ1n) is 11.1. The summed E-state index contributed by atoms with van der Waals surface area (Å²) < 4.78 is 21.8. The summed E-state index contributed by atoms with van der Waals surface area (Å²) in [6, 6.07) is 14.5. The number of hydrogen-bond donors (Lipinski definition) is 0. The molecule has 0 unspecified atom stereocenters. The van der Waals surface area contributed by atoms with Crippen molar-refractivity contribution in [2.45, 2.75) is 19.8 Å². The molecule has 0 radical (unpaired) electrons. The first kappa shape index (κ1) is 24.8. The number of nitriles is 1. The van der Waals surface area contributed by atoms with Gasteiger partial charge in [0.2, 0.25) is 0 Å². The molecule has 1 saturated heterocycles. The lowest BCUT2D eigenvalue weighted by Gasteiger charge is -2.26. The molecule has 0 spiro atoms. The highest BCUT2D eigenvalue weighted by Gasteiger charge is 2.21. The molecule has 1 aliphatic heterocycles. The molecule has 3 rings (SSSR count). The Kier molecular flexibility index (Phi) is 9.06. The summed E-state index contributed by atoms with van der Waals surface area (Å²) in [6.45, 7) is 4.17. The van der Waals surface area contributed by atoms with E-state index in [1.807, 2.05) is 37.3 Å². The average molecular weight is 465 g/mol. The molecule has 0 aromatic heterocycles. The minimum Gasteiger partial charge on any atom is -0.493 e. The second-order valence-corrected chi connectivity index (χ2v) is 7.68. The Labute approximate surface area is 199 Å². The third-order valence-electron chi connectivity index (χ3n) is 5.25. The van der Waals surface area contributed by atoms with Crippen LogP contribution in [0.4, 0.5) is 0 Å². The fraction of sp³-hybridized carbons (Fsp3) is 0.346. The van der Waals surface area contributed by atoms with Crippen molar-refractivity contribution in [2.75, 3.05) is 40.0 Å². The molecule has 34 heavy (non-hydrogen) atoms. The lowest BCUT2D eigenvalue weighted by Crippen LogP contribution is -2.41. The summed E-state index contributed by atoms with van der Waals surface area (Å²) in [7, 11) is 1.46. The van der Waals surface area contributed by atoms with E-state index in [0.29, 0.717) is 50.6 Å². The number of methoxy groups -OCH3 is 1. The van der Waals surface area contributed by atoms with Crippen LogP contribution in [0.3, 0.4) is 0 Å². The van der Waals surface area contributed by atoms with Gasteiger partial charge < -0.3 is 23.8 Å². The van der Waals surface area contributed by atoms with Crippen molar-refractivity contribution in [1.29, 1.82) is 5.26 Å². The molecule has 8 heteroatoms. The van der Waals surface area contributed by atoms with Gasteiger partial charge >= 0.3 is 5.97 Å². The van der Waals surface area contributed by atoms with Crippen molar-refractivity contribution in [3.05, 3.63) is 59.2 Å². The van der Waals surface area contributed by atoms with Crippen LogP contribution in [0.25, 0.3) is 6.08 Å². The van der Waals surface area contributed by atoms with E-state index in [1.54, 1.807) is 23.1 Å². The lowest BCUT2D eigenvalue weighted by molar-refractivity contribution is -0.134. The van der Waals surface area contributed by atoms with E-state index in [4.69, 9.17) is 18.9 Å². The van der Waals surface area contributed by atoms with Crippen LogP contribution in [-0.4, -0.2) is 56.8 Å². The fourth-order valence-electron chi connectivity index (χ4n) is 3.39. The molecule has 0 bridgehead atoms. The third kappa shape index (κ3) is 6.83. The minimum atomic E-state index is -0.407. The van der Waals surface area contributed by atoms with Gasteiger partial charge in [-0.1, -0.05) is 24.3 Å². The molecule has 2 aromatic rings. The highest BCUT2D eigenvalue weighted by atomic mass is 16.6. The molecule has 0 saturated carbocycles. The van der Waals surface area contributed by atoms with Crippen molar-refractivity contribution in [3.63, 3.8) is 0 Å². The number of para-hydroxylation sites is 1. The van der Waals surface area contributed by atoms with Crippen molar-refractivity contribution < 1.29 is 28.5 Å². The van der Waals surface area contributed by atoms with Gasteiger partial charge in [-0.15, -0.1) is 0 Å². The minimum absolute atomic E-state index is 0.0161. The maximum absolute atomic E-state index is 12.6. The average Bonchev–Trinajstić information content (AvgIpc) is 2.87. The molecule has 8 nitrogen and oxygen atoms in total. The zero-order valence-corrected chi connectivity index (χ0v) is 19.4. The summed E-state index contributed by atoms with van der Waals surface area (Å²) >= 11 is 0. The Morgan fingerprint density at radius 3 is 2.59 bits per heavy atom. The maximum atomic E-state index is 12.6. The van der Waals surface area contributed by atoms with Crippen LogP contribution >= 0.6 is 0 Å². The number of hydrogen-bond acceptors (Lipinski definition) is 7. The van der Waals surface area contributed by atoms with Crippen molar-refractivity contribution in [3.8, 4) is 23.3 Å². The SMILES string of the molecule is COc1cc(/C=C(\C#N)C(=O)N2CCOCC2)ccc1OC(=O)CCCOc1ccccc1C. The fourth-order valence-corrected chi connectivity index (χ4v) is 3.39. The summed E-state index contributed by atoms with van der Waals surface area (Å²) in [5.74, 6) is 0.644. The number of nitrogens with zero attached hydrogens (tertiary/aromatic N) is 2. The van der Waals surface area contributed by atoms with Crippen LogP contribution in [0.15, 0.2) is 48.0 Å². The zero-order chi connectivity index (χ0) is 24.3. The molecule has 178 valence electrons. The van der Waals surface area contributed by atoms with Crippen LogP contribution in [-0.2, 0) is 14.3 Å². The zero-order valence-electron chi connectivity index (χ0n) is 19.4. The van der Waals surface area contributed by atoms with Crippen molar-refractivity contribution >= 4 is 18.0 Å². The molecule has 0 N–H and O–H groups in total. The van der Waals surface area contributed by atoms with Gasteiger partial charge in [-0.25, -0.2) is 0 Å². The van der Waals surface area contributed by atoms with Crippen LogP contribution in [0.1, 0.15) is 24.0 Å². The second-order valence-electron chi connectivity index (χ2n) is 7.68. The predicted octanol–water partition coefficient (Wildman–Crippen LogP) is 3.53. The molecule has 2 aromatic carbocycles. The smallest absolute Gasteiger partial charge is 0.311 e. The number of morpholine rings is 1. The first-order chi connectivity index (χ1) is 16.5. The van der Waals surface area contributed by atoms with Gasteiger partial charge in [-0.3, -0.25) is 9.59 Å². The molecule has 1 aliphatic rings. The molecule has 0 aliphatic carbocycles. The van der Waals surface area contributed by atoms with Gasteiger partial charge in [0, 0.05) is 19.5 Å². The van der Waals surface area contributed by atoms with E-state index in [1.165, 1.54) is 13.2 Å². The van der Waals surface area contributed by atoms with Gasteiger partial charge in [0.05, 0.1) is 26.9 Å². The Hall–Kier alpha value is -3.83. The Bertz CT molecular complexity index is 1080. The van der Waals surface area contributed by atoms with E-state index in [2.05, 4.69) is 0 Å². The third-order valence-corrected chi connectivity index (χ3v) is 5.25. The van der Waals surface area contributed by atoms with Crippen LogP contribution in [0, 0.1) is 18.3 Å². The number of esters is 1. The Balaban J connectivity index is 1.57. The van der Waals surface area contributed by atoms with Gasteiger partial charge in [-0.05, 0) is 48.7 Å². The summed E-state index contributed by atoms with van der Waals surface area (Å²) in [5, 5.41) is 9.47. The van der Waals surface area contributed by atoms with Gasteiger partial charge in [0.15, 0.2) is 11.5 Å². The highest BCUT2D eigenvalue weighted by Crippen LogP contribution is 2.29. The van der Waals surface area contributed by atoms with E-state index in [0.717, 1.165) is 11.3 Å². The normalized spacial score (nSPS) is 13.7. The molecule has 1 fully saturated rings. The quantitative estimate of drug-likeness (QED) is 0.184. The number of ether oxygens (including phenoxy) is 4. The summed E-state index contributed by atoms with van der Waals surface area (Å²) in [5.41, 5.74) is 1.64. The van der Waals surface area contributed by atoms with Gasteiger partial charge in [0.25, 0.3) is 5.91 Å². The maximum Gasteiger partial charge on any atom is 0.311 e. The van der Waals surface area contributed by atoms with Gasteiger partial charge in [0.1, 0.15) is 17.4 Å². The molecule has 0 atom stereocenters. The Morgan fingerprint density at radius 1 is 1.12 bits per heavy atom. The van der Waals surface area contributed by atoms with Crippen LogP contribution < -0.4 is 14.2 Å². The van der Waals surface area contributed by atoms with E-state index in [9.17, 15) is 14.9 Å². The van der Waals surface area contributed by atoms with E-state index in [-0.39, 0.29) is 23.7 Å². The highest BCUT2D eigenvalue weighted by molar-refractivity contribution is 6.01. The van der Waals surface area contributed by atoms with Crippen LogP contribution in [0.2, 0.25) is 0 Å². The monoisotopic (exact) mass is 464 g/mol. The molecular weight excluding hydrogens is 436 g/mol. The summed E-state index contributed by atoms with van der Waals surface area (Å²) in [4.78, 5) is 26.5. The number of aryl methyl sites for hydroxylation is 1. The topological polar surface area (TPSA) is 98.1 Å². The molecule has 1 heterocycles. The standard InChI is InChI=1S/C26H28N2O6/c1-19-6-3-4-7-22(19)33-13-5-8-25(29)34-23-10-9-20(17-24(23)31-2)16-21(18-27)26(30)28-11-14-32-15-12-28/h3-4,6-7,9-10,16-17H,5,8,11-15H2,1-2H3/b21-16+. The predicted molar refractivity (Wildman–Crippen MR) is 126 cm³/mol. The Morgan fingerprint density at radius 2 is 1.88 bits per heavy atom. The van der Waals surface area contributed by atoms with Crippen molar-refractivity contribution in [1.82, 2.24) is 4.90 Å². The van der Waals surface area contributed by atoms with Crippen LogP contribution in [0.5, 0.6) is 17.2 Å². The second kappa shape index (κ2) is 12.4. The number of rotatable bonds is 9. The number of carbonyl (C=O) groups excluding carboxylic acids is 2.